The lowest BCUT2D eigenvalue weighted by Crippen LogP contribution is -2.33. The van der Waals surface area contributed by atoms with Crippen molar-refractivity contribution >= 4 is 11.9 Å². The van der Waals surface area contributed by atoms with Gasteiger partial charge in [0, 0.05) is 13.1 Å². The van der Waals surface area contributed by atoms with Crippen molar-refractivity contribution in [2.75, 3.05) is 18.5 Å². The van der Waals surface area contributed by atoms with Gasteiger partial charge in [0.2, 0.25) is 0 Å². The van der Waals surface area contributed by atoms with Gasteiger partial charge >= 0.3 is 0 Å². The minimum absolute atomic E-state index is 0.823. The average molecular weight is 307 g/mol. The first kappa shape index (κ1) is 15.8. The number of para-hydroxylation sites is 1. The summed E-state index contributed by atoms with van der Waals surface area (Å²) in [5.74, 6) is 0.823. The summed E-state index contributed by atoms with van der Waals surface area (Å²) in [5, 5.41) is 4.32. The predicted octanol–water partition coefficient (Wildman–Crippen LogP) is 4.36. The van der Waals surface area contributed by atoms with Crippen molar-refractivity contribution in [2.45, 2.75) is 26.3 Å². The third-order valence-electron chi connectivity index (χ3n) is 4.28. The normalized spacial score (nSPS) is 19.1. The quantitative estimate of drug-likeness (QED) is 0.656. The summed E-state index contributed by atoms with van der Waals surface area (Å²) in [6.07, 6.45) is 4.58. The highest BCUT2D eigenvalue weighted by Crippen LogP contribution is 2.18. The van der Waals surface area contributed by atoms with E-state index < -0.39 is 0 Å². The van der Waals surface area contributed by atoms with E-state index in [1.807, 2.05) is 36.5 Å². The smallest absolute Gasteiger partial charge is 0.0561 e. The van der Waals surface area contributed by atoms with Crippen molar-refractivity contribution in [3.05, 3.63) is 65.7 Å². The Labute approximate surface area is 139 Å². The number of hydrazone groups is 1. The Bertz CT molecular complexity index is 636. The fourth-order valence-corrected chi connectivity index (χ4v) is 3.15. The Kier molecular flexibility index (Phi) is 5.43. The second-order valence-electron chi connectivity index (χ2n) is 6.46. The highest BCUT2D eigenvalue weighted by Gasteiger charge is 2.16. The van der Waals surface area contributed by atoms with Crippen LogP contribution in [0.1, 0.15) is 30.9 Å². The molecule has 1 atom stereocenters. The molecule has 120 valence electrons. The van der Waals surface area contributed by atoms with Crippen LogP contribution in [0.2, 0.25) is 0 Å². The average Bonchev–Trinajstić information content (AvgIpc) is 2.56. The van der Waals surface area contributed by atoms with E-state index in [1.165, 1.54) is 31.5 Å². The maximum absolute atomic E-state index is 4.32. The lowest BCUT2D eigenvalue weighted by atomic mass is 9.99. The summed E-state index contributed by atoms with van der Waals surface area (Å²) in [7, 11) is 0. The molecule has 23 heavy (non-hydrogen) atoms. The van der Waals surface area contributed by atoms with Gasteiger partial charge in [-0.15, -0.1) is 0 Å². The Balaban J connectivity index is 1.58. The first-order chi connectivity index (χ1) is 11.3. The lowest BCUT2D eigenvalue weighted by molar-refractivity contribution is 0.176. The molecule has 3 heteroatoms. The molecule has 2 aromatic rings. The largest absolute Gasteiger partial charge is 0.299 e. The summed E-state index contributed by atoms with van der Waals surface area (Å²) in [6, 6.07) is 18.7. The molecule has 0 aliphatic carbocycles. The van der Waals surface area contributed by atoms with Crippen LogP contribution >= 0.6 is 0 Å². The Hall–Kier alpha value is -2.13. The van der Waals surface area contributed by atoms with E-state index in [0.29, 0.717) is 0 Å². The third-order valence-corrected chi connectivity index (χ3v) is 4.28. The van der Waals surface area contributed by atoms with Crippen LogP contribution in [0.3, 0.4) is 0 Å². The number of rotatable bonds is 5. The second-order valence-corrected chi connectivity index (χ2v) is 6.46. The maximum Gasteiger partial charge on any atom is 0.0561 e. The highest BCUT2D eigenvalue weighted by atomic mass is 15.3. The molecule has 0 saturated carbocycles. The van der Waals surface area contributed by atoms with E-state index in [2.05, 4.69) is 46.6 Å². The minimum atomic E-state index is 0.823. The number of hydrogen-bond donors (Lipinski definition) is 1. The van der Waals surface area contributed by atoms with Gasteiger partial charge in [-0.3, -0.25) is 10.3 Å². The van der Waals surface area contributed by atoms with E-state index in [-0.39, 0.29) is 0 Å². The topological polar surface area (TPSA) is 27.6 Å². The maximum atomic E-state index is 4.32. The molecule has 1 heterocycles. The molecule has 0 bridgehead atoms. The van der Waals surface area contributed by atoms with Gasteiger partial charge in [-0.2, -0.15) is 5.10 Å². The molecule has 1 aliphatic rings. The van der Waals surface area contributed by atoms with E-state index >= 15 is 0 Å². The van der Waals surface area contributed by atoms with E-state index in [1.54, 1.807) is 0 Å². The minimum Gasteiger partial charge on any atom is -0.299 e. The lowest BCUT2D eigenvalue weighted by Gasteiger charge is -2.30. The first-order valence-electron chi connectivity index (χ1n) is 8.45. The summed E-state index contributed by atoms with van der Waals surface area (Å²) in [5.41, 5.74) is 6.56. The number of anilines is 1. The zero-order valence-electron chi connectivity index (χ0n) is 13.8. The molecule has 0 amide bonds. The SMILES string of the molecule is CC1CCCN(Cc2cccc(C=NNc3ccccc3)c2)C1. The third kappa shape index (κ3) is 4.93. The fourth-order valence-electron chi connectivity index (χ4n) is 3.15. The van der Waals surface area contributed by atoms with Gasteiger partial charge in [0.25, 0.3) is 0 Å². The van der Waals surface area contributed by atoms with Gasteiger partial charge < -0.3 is 0 Å². The van der Waals surface area contributed by atoms with Crippen molar-refractivity contribution in [3.8, 4) is 0 Å². The van der Waals surface area contributed by atoms with Crippen LogP contribution in [0.4, 0.5) is 5.69 Å². The summed E-state index contributed by atoms with van der Waals surface area (Å²) >= 11 is 0. The zero-order valence-corrected chi connectivity index (χ0v) is 13.8. The van der Waals surface area contributed by atoms with Crippen LogP contribution in [0.5, 0.6) is 0 Å². The molecule has 0 aromatic heterocycles. The number of nitrogens with zero attached hydrogens (tertiary/aromatic N) is 2. The van der Waals surface area contributed by atoms with Gasteiger partial charge in [-0.1, -0.05) is 43.3 Å². The fraction of sp³-hybridized carbons (Fsp3) is 0.350. The molecule has 0 spiro atoms. The molecule has 1 fully saturated rings. The van der Waals surface area contributed by atoms with Gasteiger partial charge in [-0.05, 0) is 54.6 Å². The summed E-state index contributed by atoms with van der Waals surface area (Å²) in [6.45, 7) is 5.83. The standard InChI is InChI=1S/C20H25N3/c1-17-7-6-12-23(15-17)16-19-9-5-8-18(13-19)14-21-22-20-10-3-2-4-11-20/h2-5,8-11,13-14,17,22H,6-7,12,15-16H2,1H3. The molecular formula is C20H25N3. The molecule has 0 radical (unpaired) electrons. The van der Waals surface area contributed by atoms with Crippen molar-refractivity contribution in [2.24, 2.45) is 11.0 Å². The number of piperidine rings is 1. The van der Waals surface area contributed by atoms with Crippen molar-refractivity contribution < 1.29 is 0 Å². The first-order valence-corrected chi connectivity index (χ1v) is 8.45. The molecule has 1 N–H and O–H groups in total. The molecule has 2 aromatic carbocycles. The Morgan fingerprint density at radius 3 is 2.87 bits per heavy atom. The summed E-state index contributed by atoms with van der Waals surface area (Å²) < 4.78 is 0. The Morgan fingerprint density at radius 1 is 1.17 bits per heavy atom. The zero-order chi connectivity index (χ0) is 15.9. The molecule has 1 unspecified atom stereocenters. The number of nitrogens with one attached hydrogen (secondary N) is 1. The highest BCUT2D eigenvalue weighted by molar-refractivity contribution is 5.80. The number of likely N-dealkylation sites (tertiary alicyclic amines) is 1. The van der Waals surface area contributed by atoms with Crippen LogP contribution in [0, 0.1) is 5.92 Å². The Morgan fingerprint density at radius 2 is 2.04 bits per heavy atom. The number of benzene rings is 2. The van der Waals surface area contributed by atoms with E-state index in [0.717, 1.165) is 23.7 Å². The second kappa shape index (κ2) is 7.93. The van der Waals surface area contributed by atoms with Crippen molar-refractivity contribution in [1.82, 2.24) is 4.90 Å². The predicted molar refractivity (Wildman–Crippen MR) is 97.8 cm³/mol. The van der Waals surface area contributed by atoms with Crippen LogP contribution in [0.25, 0.3) is 0 Å². The molecule has 3 rings (SSSR count). The van der Waals surface area contributed by atoms with Crippen LogP contribution < -0.4 is 5.43 Å². The molecular weight excluding hydrogens is 282 g/mol. The van der Waals surface area contributed by atoms with Crippen molar-refractivity contribution in [1.29, 1.82) is 0 Å². The van der Waals surface area contributed by atoms with Gasteiger partial charge in [0.05, 0.1) is 11.9 Å². The van der Waals surface area contributed by atoms with Crippen LogP contribution in [0.15, 0.2) is 59.7 Å². The van der Waals surface area contributed by atoms with Crippen LogP contribution in [-0.4, -0.2) is 24.2 Å². The summed E-state index contributed by atoms with van der Waals surface area (Å²) in [4.78, 5) is 2.56. The van der Waals surface area contributed by atoms with Crippen LogP contribution in [-0.2, 0) is 6.54 Å². The molecule has 1 saturated heterocycles. The van der Waals surface area contributed by atoms with Gasteiger partial charge in [0.1, 0.15) is 0 Å². The molecule has 1 aliphatic heterocycles. The van der Waals surface area contributed by atoms with Crippen molar-refractivity contribution in [3.63, 3.8) is 0 Å². The van der Waals surface area contributed by atoms with Gasteiger partial charge in [0.15, 0.2) is 0 Å². The van der Waals surface area contributed by atoms with Gasteiger partial charge in [-0.25, -0.2) is 0 Å². The van der Waals surface area contributed by atoms with E-state index in [9.17, 15) is 0 Å². The number of hydrogen-bond acceptors (Lipinski definition) is 3. The van der Waals surface area contributed by atoms with E-state index in [4.69, 9.17) is 0 Å². The molecule has 3 nitrogen and oxygen atoms in total. The monoisotopic (exact) mass is 307 g/mol.